The van der Waals surface area contributed by atoms with Gasteiger partial charge in [0, 0.05) is 4.90 Å². The molecule has 6 heteroatoms. The normalized spacial score (nSPS) is 10.4. The minimum atomic E-state index is -0.535. The molecule has 2 rings (SSSR count). The lowest BCUT2D eigenvalue weighted by Gasteiger charge is -2.08. The Balaban J connectivity index is 1.68. The first-order chi connectivity index (χ1) is 11.0. The van der Waals surface area contributed by atoms with Gasteiger partial charge in [-0.2, -0.15) is 0 Å². The second-order valence-corrected chi connectivity index (χ2v) is 5.90. The van der Waals surface area contributed by atoms with Gasteiger partial charge in [0.15, 0.2) is 0 Å². The summed E-state index contributed by atoms with van der Waals surface area (Å²) in [4.78, 5) is 11.8. The second kappa shape index (κ2) is 8.53. The Labute approximate surface area is 138 Å². The van der Waals surface area contributed by atoms with Crippen molar-refractivity contribution in [2.45, 2.75) is 11.8 Å². The van der Waals surface area contributed by atoms with Gasteiger partial charge in [-0.1, -0.05) is 12.1 Å². The highest BCUT2D eigenvalue weighted by atomic mass is 32.2. The van der Waals surface area contributed by atoms with Gasteiger partial charge in [-0.25, -0.2) is 8.78 Å². The summed E-state index contributed by atoms with van der Waals surface area (Å²) in [5.74, 6) is -0.556. The zero-order valence-electron chi connectivity index (χ0n) is 12.6. The number of thioether (sulfide) groups is 1. The summed E-state index contributed by atoms with van der Waals surface area (Å²) in [5.41, 5.74) is 1.10. The van der Waals surface area contributed by atoms with Crippen molar-refractivity contribution in [2.75, 3.05) is 18.9 Å². The Hall–Kier alpha value is -2.08. The van der Waals surface area contributed by atoms with Gasteiger partial charge in [0.05, 0.1) is 12.3 Å². The molecule has 0 aliphatic rings. The Kier molecular flexibility index (Phi) is 6.40. The molecule has 0 spiro atoms. The molecule has 0 heterocycles. The van der Waals surface area contributed by atoms with Crippen LogP contribution in [0.25, 0.3) is 0 Å². The number of amides is 1. The quantitative estimate of drug-likeness (QED) is 0.620. The standard InChI is InChI=1S/C17H17F2NO2S/c1-12-3-2-4-14(9-12)22-8-7-20-17(21)11-23-16-10-13(18)5-6-15(16)19/h2-6,9-10H,7-8,11H2,1H3,(H,20,21). The summed E-state index contributed by atoms with van der Waals surface area (Å²) < 4.78 is 31.9. The molecule has 0 unspecified atom stereocenters. The summed E-state index contributed by atoms with van der Waals surface area (Å²) in [6, 6.07) is 10.8. The van der Waals surface area contributed by atoms with Crippen molar-refractivity contribution in [1.82, 2.24) is 5.32 Å². The van der Waals surface area contributed by atoms with Crippen molar-refractivity contribution < 1.29 is 18.3 Å². The van der Waals surface area contributed by atoms with E-state index in [1.807, 2.05) is 31.2 Å². The zero-order chi connectivity index (χ0) is 16.7. The van der Waals surface area contributed by atoms with Gasteiger partial charge >= 0.3 is 0 Å². The van der Waals surface area contributed by atoms with Crippen LogP contribution in [-0.2, 0) is 4.79 Å². The van der Waals surface area contributed by atoms with E-state index in [1.165, 1.54) is 0 Å². The first-order valence-corrected chi connectivity index (χ1v) is 8.07. The van der Waals surface area contributed by atoms with Crippen LogP contribution in [0.1, 0.15) is 5.56 Å². The van der Waals surface area contributed by atoms with E-state index in [0.29, 0.717) is 13.2 Å². The van der Waals surface area contributed by atoms with Gasteiger partial charge in [-0.15, -0.1) is 11.8 Å². The highest BCUT2D eigenvalue weighted by Crippen LogP contribution is 2.22. The van der Waals surface area contributed by atoms with E-state index in [0.717, 1.165) is 41.3 Å². The molecule has 0 radical (unpaired) electrons. The first-order valence-electron chi connectivity index (χ1n) is 7.08. The molecule has 0 saturated heterocycles. The summed E-state index contributed by atoms with van der Waals surface area (Å²) in [7, 11) is 0. The van der Waals surface area contributed by atoms with Crippen LogP contribution >= 0.6 is 11.8 Å². The molecule has 2 aromatic carbocycles. The van der Waals surface area contributed by atoms with E-state index < -0.39 is 11.6 Å². The number of rotatable bonds is 7. The molecule has 0 saturated carbocycles. The smallest absolute Gasteiger partial charge is 0.230 e. The molecule has 0 aliphatic heterocycles. The third-order valence-corrected chi connectivity index (χ3v) is 3.96. The molecule has 0 aliphatic carbocycles. The molecule has 0 atom stereocenters. The fourth-order valence-electron chi connectivity index (χ4n) is 1.85. The maximum absolute atomic E-state index is 13.4. The molecule has 23 heavy (non-hydrogen) atoms. The SMILES string of the molecule is Cc1cccc(OCCNC(=O)CSc2cc(F)ccc2F)c1. The highest BCUT2D eigenvalue weighted by Gasteiger charge is 2.08. The Bertz CT molecular complexity index is 679. The predicted octanol–water partition coefficient (Wildman–Crippen LogP) is 3.56. The van der Waals surface area contributed by atoms with Crippen LogP contribution in [0.5, 0.6) is 5.75 Å². The van der Waals surface area contributed by atoms with Gasteiger partial charge in [-0.3, -0.25) is 4.79 Å². The van der Waals surface area contributed by atoms with E-state index in [1.54, 1.807) is 0 Å². The summed E-state index contributed by atoms with van der Waals surface area (Å²) in [6.07, 6.45) is 0. The predicted molar refractivity (Wildman–Crippen MR) is 86.8 cm³/mol. The van der Waals surface area contributed by atoms with Crippen LogP contribution in [0, 0.1) is 18.6 Å². The lowest BCUT2D eigenvalue weighted by Crippen LogP contribution is -2.29. The summed E-state index contributed by atoms with van der Waals surface area (Å²) in [6.45, 7) is 2.66. The van der Waals surface area contributed by atoms with E-state index in [-0.39, 0.29) is 16.6 Å². The maximum Gasteiger partial charge on any atom is 0.230 e. The Morgan fingerprint density at radius 3 is 2.83 bits per heavy atom. The van der Waals surface area contributed by atoms with Crippen LogP contribution in [0.3, 0.4) is 0 Å². The third kappa shape index (κ3) is 5.90. The number of hydrogen-bond acceptors (Lipinski definition) is 3. The van der Waals surface area contributed by atoms with Gasteiger partial charge in [-0.05, 0) is 42.8 Å². The molecule has 0 bridgehead atoms. The Morgan fingerprint density at radius 2 is 2.04 bits per heavy atom. The number of hydrogen-bond donors (Lipinski definition) is 1. The van der Waals surface area contributed by atoms with Gasteiger partial charge in [0.25, 0.3) is 0 Å². The molecular weight excluding hydrogens is 320 g/mol. The number of aryl methyl sites for hydroxylation is 1. The fourth-order valence-corrected chi connectivity index (χ4v) is 2.64. The van der Waals surface area contributed by atoms with Gasteiger partial charge < -0.3 is 10.1 Å². The molecule has 0 fully saturated rings. The topological polar surface area (TPSA) is 38.3 Å². The van der Waals surface area contributed by atoms with Crippen molar-refractivity contribution in [3.05, 3.63) is 59.7 Å². The van der Waals surface area contributed by atoms with Crippen molar-refractivity contribution in [3.63, 3.8) is 0 Å². The highest BCUT2D eigenvalue weighted by molar-refractivity contribution is 8.00. The van der Waals surface area contributed by atoms with E-state index in [2.05, 4.69) is 5.32 Å². The van der Waals surface area contributed by atoms with Gasteiger partial charge in [0.2, 0.25) is 5.91 Å². The maximum atomic E-state index is 13.4. The monoisotopic (exact) mass is 337 g/mol. The van der Waals surface area contributed by atoms with Crippen molar-refractivity contribution in [2.24, 2.45) is 0 Å². The first kappa shape index (κ1) is 17.3. The number of ether oxygens (including phenoxy) is 1. The van der Waals surface area contributed by atoms with Crippen LogP contribution in [0.4, 0.5) is 8.78 Å². The van der Waals surface area contributed by atoms with Crippen LogP contribution < -0.4 is 10.1 Å². The molecular formula is C17H17F2NO2S. The number of benzene rings is 2. The zero-order valence-corrected chi connectivity index (χ0v) is 13.5. The average molecular weight is 337 g/mol. The van der Waals surface area contributed by atoms with Crippen LogP contribution in [0.2, 0.25) is 0 Å². The summed E-state index contributed by atoms with van der Waals surface area (Å²) >= 11 is 0.958. The van der Waals surface area contributed by atoms with Crippen LogP contribution in [-0.4, -0.2) is 24.8 Å². The minimum Gasteiger partial charge on any atom is -0.492 e. The van der Waals surface area contributed by atoms with E-state index >= 15 is 0 Å². The van der Waals surface area contributed by atoms with Gasteiger partial charge in [0.1, 0.15) is 24.0 Å². The largest absolute Gasteiger partial charge is 0.492 e. The van der Waals surface area contributed by atoms with E-state index in [9.17, 15) is 13.6 Å². The number of carbonyl (C=O) groups is 1. The Morgan fingerprint density at radius 1 is 1.22 bits per heavy atom. The number of nitrogens with one attached hydrogen (secondary N) is 1. The minimum absolute atomic E-state index is 0.0187. The summed E-state index contributed by atoms with van der Waals surface area (Å²) in [5, 5.41) is 2.67. The number of halogens is 2. The van der Waals surface area contributed by atoms with Crippen molar-refractivity contribution >= 4 is 17.7 Å². The number of carbonyl (C=O) groups excluding carboxylic acids is 1. The lowest BCUT2D eigenvalue weighted by molar-refractivity contribution is -0.118. The molecule has 1 N–H and O–H groups in total. The second-order valence-electron chi connectivity index (χ2n) is 4.88. The molecule has 3 nitrogen and oxygen atoms in total. The van der Waals surface area contributed by atoms with Crippen molar-refractivity contribution in [1.29, 1.82) is 0 Å². The molecule has 0 aromatic heterocycles. The average Bonchev–Trinajstić information content (AvgIpc) is 2.52. The third-order valence-electron chi connectivity index (χ3n) is 2.93. The van der Waals surface area contributed by atoms with Crippen molar-refractivity contribution in [3.8, 4) is 5.75 Å². The fraction of sp³-hybridized carbons (Fsp3) is 0.235. The lowest BCUT2D eigenvalue weighted by atomic mass is 10.2. The molecule has 122 valence electrons. The van der Waals surface area contributed by atoms with E-state index in [4.69, 9.17) is 4.74 Å². The van der Waals surface area contributed by atoms with Crippen LogP contribution in [0.15, 0.2) is 47.4 Å². The molecule has 1 amide bonds. The molecule has 2 aromatic rings.